The van der Waals surface area contributed by atoms with Gasteiger partial charge >= 0.3 is 0 Å². The monoisotopic (exact) mass is 319 g/mol. The summed E-state index contributed by atoms with van der Waals surface area (Å²) in [5, 5.41) is 2.89. The van der Waals surface area contributed by atoms with Gasteiger partial charge in [0.15, 0.2) is 0 Å². The number of aromatic nitrogens is 2. The van der Waals surface area contributed by atoms with E-state index in [1.165, 1.54) is 12.8 Å². The minimum absolute atomic E-state index is 0.0307. The molecule has 1 aliphatic rings. The number of halogens is 1. The summed E-state index contributed by atoms with van der Waals surface area (Å²) in [4.78, 5) is 18.8. The second kappa shape index (κ2) is 4.51. The van der Waals surface area contributed by atoms with Gasteiger partial charge in [-0.05, 0) is 35.4 Å². The number of anilines is 1. The third kappa shape index (κ3) is 2.16. The van der Waals surface area contributed by atoms with E-state index in [0.29, 0.717) is 11.9 Å². The van der Waals surface area contributed by atoms with Gasteiger partial charge in [0.05, 0.1) is 5.69 Å². The van der Waals surface area contributed by atoms with Gasteiger partial charge < -0.3 is 5.32 Å². The van der Waals surface area contributed by atoms with Gasteiger partial charge in [0.1, 0.15) is 3.57 Å². The maximum atomic E-state index is 11.6. The molecule has 1 heterocycles. The second-order valence-corrected chi connectivity index (χ2v) is 4.92. The molecule has 1 aliphatic carbocycles. The summed E-state index contributed by atoms with van der Waals surface area (Å²) < 4.78 is 0.749. The van der Waals surface area contributed by atoms with Crippen molar-refractivity contribution in [3.63, 3.8) is 0 Å². The molecule has 0 aliphatic heterocycles. The summed E-state index contributed by atoms with van der Waals surface area (Å²) in [6.45, 7) is 0. The molecule has 1 saturated carbocycles. The van der Waals surface area contributed by atoms with Crippen LogP contribution in [0.2, 0.25) is 0 Å². The van der Waals surface area contributed by atoms with Crippen molar-refractivity contribution in [3.05, 3.63) is 19.6 Å². The first kappa shape index (κ1) is 10.9. The highest BCUT2D eigenvalue weighted by molar-refractivity contribution is 14.1. The van der Waals surface area contributed by atoms with Crippen molar-refractivity contribution in [1.82, 2.24) is 9.97 Å². The molecule has 0 aromatic carbocycles. The van der Waals surface area contributed by atoms with Gasteiger partial charge in [0.2, 0.25) is 5.95 Å². The van der Waals surface area contributed by atoms with Gasteiger partial charge in [-0.1, -0.05) is 12.8 Å². The minimum Gasteiger partial charge on any atom is -0.359 e. The van der Waals surface area contributed by atoms with Crippen molar-refractivity contribution < 1.29 is 0 Å². The van der Waals surface area contributed by atoms with E-state index in [2.05, 4.69) is 37.9 Å². The van der Waals surface area contributed by atoms with Gasteiger partial charge in [-0.2, -0.15) is 0 Å². The molecule has 1 aromatic rings. The Morgan fingerprint density at radius 2 is 2.13 bits per heavy atom. The lowest BCUT2D eigenvalue weighted by Crippen LogP contribution is -2.18. The topological polar surface area (TPSA) is 57.8 Å². The summed E-state index contributed by atoms with van der Waals surface area (Å²) in [5.74, 6) is 1.05. The van der Waals surface area contributed by atoms with Crippen molar-refractivity contribution in [2.45, 2.75) is 31.6 Å². The molecular formula is C10H14IN3O. The second-order valence-electron chi connectivity index (χ2n) is 3.85. The zero-order valence-corrected chi connectivity index (χ0v) is 10.8. The molecule has 2 rings (SSSR count). The number of nitrogens with one attached hydrogen (secondary N) is 2. The van der Waals surface area contributed by atoms with Gasteiger partial charge in [-0.25, -0.2) is 4.98 Å². The number of hydrogen-bond donors (Lipinski definition) is 2. The lowest BCUT2D eigenvalue weighted by molar-refractivity contribution is 0.687. The lowest BCUT2D eigenvalue weighted by atomic mass is 10.0. The number of hydrogen-bond acceptors (Lipinski definition) is 3. The largest absolute Gasteiger partial charge is 0.359 e. The van der Waals surface area contributed by atoms with Gasteiger partial charge in [-0.3, -0.25) is 9.78 Å². The lowest BCUT2D eigenvalue weighted by Gasteiger charge is -2.11. The van der Waals surface area contributed by atoms with Gasteiger partial charge in [-0.15, -0.1) is 0 Å². The highest BCUT2D eigenvalue weighted by Crippen LogP contribution is 2.34. The van der Waals surface area contributed by atoms with Crippen LogP contribution in [0.3, 0.4) is 0 Å². The molecule has 5 heteroatoms. The van der Waals surface area contributed by atoms with Crippen LogP contribution in [0, 0.1) is 3.57 Å². The first-order valence-corrected chi connectivity index (χ1v) is 6.27. The van der Waals surface area contributed by atoms with Crippen LogP contribution in [0.25, 0.3) is 0 Å². The zero-order chi connectivity index (χ0) is 10.8. The van der Waals surface area contributed by atoms with E-state index in [9.17, 15) is 4.79 Å². The van der Waals surface area contributed by atoms with Crippen LogP contribution < -0.4 is 10.9 Å². The number of H-pyrrole nitrogens is 1. The van der Waals surface area contributed by atoms with Crippen LogP contribution in [0.4, 0.5) is 5.95 Å². The number of rotatable bonds is 2. The van der Waals surface area contributed by atoms with E-state index in [-0.39, 0.29) is 5.56 Å². The number of nitrogens with zero attached hydrogens (tertiary/aromatic N) is 1. The predicted octanol–water partition coefficient (Wildman–Crippen LogP) is 2.07. The van der Waals surface area contributed by atoms with Crippen molar-refractivity contribution >= 4 is 28.5 Å². The van der Waals surface area contributed by atoms with Crippen LogP contribution in [-0.2, 0) is 0 Å². The smallest absolute Gasteiger partial charge is 0.266 e. The average Bonchev–Trinajstić information content (AvgIpc) is 2.75. The minimum atomic E-state index is -0.0307. The fourth-order valence-corrected chi connectivity index (χ4v) is 2.76. The first-order chi connectivity index (χ1) is 7.22. The van der Waals surface area contributed by atoms with Crippen LogP contribution in [0.1, 0.15) is 37.3 Å². The van der Waals surface area contributed by atoms with E-state index in [1.807, 2.05) is 0 Å². The molecule has 0 atom stereocenters. The Labute approximate surface area is 102 Å². The standard InChI is InChI=1S/C10H14IN3O/c1-12-10-13-8(6-4-2-3-5-6)7(11)9(15)14-10/h6H,2-5H2,1H3,(H2,12,13,14,15). The Hall–Kier alpha value is -0.590. The molecular weight excluding hydrogens is 305 g/mol. The zero-order valence-electron chi connectivity index (χ0n) is 8.64. The molecule has 0 amide bonds. The maximum Gasteiger partial charge on any atom is 0.266 e. The summed E-state index contributed by atoms with van der Waals surface area (Å²) in [7, 11) is 1.77. The Morgan fingerprint density at radius 1 is 1.47 bits per heavy atom. The van der Waals surface area contributed by atoms with Crippen LogP contribution in [0.15, 0.2) is 4.79 Å². The van der Waals surface area contributed by atoms with E-state index in [1.54, 1.807) is 7.05 Å². The maximum absolute atomic E-state index is 11.6. The molecule has 2 N–H and O–H groups in total. The highest BCUT2D eigenvalue weighted by atomic mass is 127. The van der Waals surface area contributed by atoms with E-state index >= 15 is 0 Å². The molecule has 4 nitrogen and oxygen atoms in total. The van der Waals surface area contributed by atoms with E-state index in [0.717, 1.165) is 22.1 Å². The predicted molar refractivity (Wildman–Crippen MR) is 68.3 cm³/mol. The number of aromatic amines is 1. The highest BCUT2D eigenvalue weighted by Gasteiger charge is 2.22. The van der Waals surface area contributed by atoms with Crippen molar-refractivity contribution in [3.8, 4) is 0 Å². The van der Waals surface area contributed by atoms with E-state index < -0.39 is 0 Å². The Kier molecular flexibility index (Phi) is 3.28. The molecule has 1 aromatic heterocycles. The Bertz CT molecular complexity index is 410. The normalized spacial score (nSPS) is 16.9. The Morgan fingerprint density at radius 3 is 2.73 bits per heavy atom. The fourth-order valence-electron chi connectivity index (χ4n) is 2.06. The molecule has 0 radical (unpaired) electrons. The molecule has 0 bridgehead atoms. The summed E-state index contributed by atoms with van der Waals surface area (Å²) in [6.07, 6.45) is 4.83. The fraction of sp³-hybridized carbons (Fsp3) is 0.600. The molecule has 82 valence electrons. The summed E-state index contributed by atoms with van der Waals surface area (Å²) in [5.41, 5.74) is 0.943. The van der Waals surface area contributed by atoms with Gasteiger partial charge in [0.25, 0.3) is 5.56 Å². The molecule has 0 unspecified atom stereocenters. The molecule has 1 fully saturated rings. The quantitative estimate of drug-likeness (QED) is 0.821. The van der Waals surface area contributed by atoms with Crippen LogP contribution in [-0.4, -0.2) is 17.0 Å². The summed E-state index contributed by atoms with van der Waals surface area (Å²) >= 11 is 2.09. The van der Waals surface area contributed by atoms with Gasteiger partial charge in [0, 0.05) is 13.0 Å². The van der Waals surface area contributed by atoms with Crippen molar-refractivity contribution in [1.29, 1.82) is 0 Å². The van der Waals surface area contributed by atoms with Crippen LogP contribution in [0.5, 0.6) is 0 Å². The van der Waals surface area contributed by atoms with Crippen LogP contribution >= 0.6 is 22.6 Å². The summed E-state index contributed by atoms with van der Waals surface area (Å²) in [6, 6.07) is 0. The Balaban J connectivity index is 2.44. The first-order valence-electron chi connectivity index (χ1n) is 5.20. The third-order valence-electron chi connectivity index (χ3n) is 2.87. The molecule has 15 heavy (non-hydrogen) atoms. The van der Waals surface area contributed by atoms with Crippen molar-refractivity contribution in [2.75, 3.05) is 12.4 Å². The van der Waals surface area contributed by atoms with E-state index in [4.69, 9.17) is 0 Å². The average molecular weight is 319 g/mol. The molecule has 0 spiro atoms. The third-order valence-corrected chi connectivity index (χ3v) is 3.91. The SMILES string of the molecule is CNc1nc(C2CCCC2)c(I)c(=O)[nH]1. The molecule has 0 saturated heterocycles. The van der Waals surface area contributed by atoms with Crippen molar-refractivity contribution in [2.24, 2.45) is 0 Å².